The van der Waals surface area contributed by atoms with Gasteiger partial charge in [0.05, 0.1) is 34.8 Å². The Labute approximate surface area is 308 Å². The lowest BCUT2D eigenvalue weighted by atomic mass is 9.93. The summed E-state index contributed by atoms with van der Waals surface area (Å²) in [6.45, 7) is 2.99. The first-order valence-corrected chi connectivity index (χ1v) is 17.4. The lowest BCUT2D eigenvalue weighted by molar-refractivity contribution is -0.209. The molecular weight excluding hydrogens is 718 g/mol. The number of fused-ring (bicyclic) bond motifs is 1. The number of nitrogens with zero attached hydrogens (tertiary/aromatic N) is 4. The van der Waals surface area contributed by atoms with Gasteiger partial charge in [0.2, 0.25) is 11.8 Å². The molecule has 1 saturated heterocycles. The molecule has 1 aliphatic heterocycles. The smallest absolute Gasteiger partial charge is 0.395 e. The van der Waals surface area contributed by atoms with Crippen molar-refractivity contribution in [1.29, 1.82) is 0 Å². The summed E-state index contributed by atoms with van der Waals surface area (Å²) in [7, 11) is 3.09. The fraction of sp³-hybridized carbons (Fsp3) is 0.351. The van der Waals surface area contributed by atoms with E-state index in [0.29, 0.717) is 68.9 Å². The van der Waals surface area contributed by atoms with Crippen molar-refractivity contribution in [3.63, 3.8) is 0 Å². The third-order valence-electron chi connectivity index (χ3n) is 9.35. The number of alkyl halides is 3. The van der Waals surface area contributed by atoms with Crippen LogP contribution >= 0.6 is 23.2 Å². The third kappa shape index (κ3) is 7.54. The van der Waals surface area contributed by atoms with Gasteiger partial charge < -0.3 is 20.7 Å². The van der Waals surface area contributed by atoms with Crippen molar-refractivity contribution in [2.45, 2.75) is 52.0 Å². The Morgan fingerprint density at radius 1 is 0.962 bits per heavy atom. The third-order valence-corrected chi connectivity index (χ3v) is 10.2. The largest absolute Gasteiger partial charge is 0.481 e. The topological polar surface area (TPSA) is 115 Å². The minimum Gasteiger partial charge on any atom is -0.481 e. The van der Waals surface area contributed by atoms with Crippen LogP contribution in [-0.4, -0.2) is 57.5 Å². The lowest BCUT2D eigenvalue weighted by Gasteiger charge is -2.27. The van der Waals surface area contributed by atoms with Gasteiger partial charge in [0.15, 0.2) is 0 Å². The van der Waals surface area contributed by atoms with Crippen molar-refractivity contribution in [3.8, 4) is 39.4 Å². The lowest BCUT2D eigenvalue weighted by Crippen LogP contribution is -2.41. The van der Waals surface area contributed by atoms with E-state index in [-0.39, 0.29) is 41.9 Å². The van der Waals surface area contributed by atoms with Crippen molar-refractivity contribution in [1.82, 2.24) is 35.1 Å². The zero-order valence-electron chi connectivity index (χ0n) is 29.0. The van der Waals surface area contributed by atoms with Gasteiger partial charge in [-0.2, -0.15) is 18.3 Å². The molecule has 52 heavy (non-hydrogen) atoms. The summed E-state index contributed by atoms with van der Waals surface area (Å²) in [6.07, 6.45) is -1.37. The van der Waals surface area contributed by atoms with Crippen LogP contribution in [0, 0.1) is 5.41 Å². The van der Waals surface area contributed by atoms with Crippen LogP contribution in [0.25, 0.3) is 39.0 Å². The number of ether oxygens (including phenoxy) is 1. The SMILES string of the molecule is COc1nc(-c2cccc(-c3cccc(-c4cc5c(=O)n(C)c(CNCC(C)(C)C(F)(F)F)nn5c4)c3Cl)c2Cl)ccc1CNC[C@@H]1CCC(=O)N1. The summed E-state index contributed by atoms with van der Waals surface area (Å²) >= 11 is 14.1. The maximum atomic E-state index is 13.3. The van der Waals surface area contributed by atoms with E-state index in [2.05, 4.69) is 21.0 Å². The van der Waals surface area contributed by atoms with E-state index < -0.39 is 11.6 Å². The Kier molecular flexibility index (Phi) is 10.7. The maximum Gasteiger partial charge on any atom is 0.395 e. The van der Waals surface area contributed by atoms with E-state index in [4.69, 9.17) is 32.9 Å². The first-order valence-electron chi connectivity index (χ1n) is 16.7. The molecule has 1 fully saturated rings. The van der Waals surface area contributed by atoms with Crippen LogP contribution in [0.15, 0.2) is 65.6 Å². The average molecular weight is 757 g/mol. The monoisotopic (exact) mass is 755 g/mol. The highest BCUT2D eigenvalue weighted by molar-refractivity contribution is 6.39. The Morgan fingerprint density at radius 3 is 2.29 bits per heavy atom. The Bertz CT molecular complexity index is 2200. The molecule has 1 aliphatic rings. The minimum absolute atomic E-state index is 0.0402. The molecule has 4 heterocycles. The van der Waals surface area contributed by atoms with Gasteiger partial charge in [0.1, 0.15) is 11.3 Å². The van der Waals surface area contributed by atoms with E-state index >= 15 is 0 Å². The molecule has 0 radical (unpaired) electrons. The molecule has 5 aromatic rings. The van der Waals surface area contributed by atoms with Crippen LogP contribution in [0.4, 0.5) is 13.2 Å². The molecular formula is C37H38Cl2F3N7O3. The van der Waals surface area contributed by atoms with E-state index in [1.807, 2.05) is 48.5 Å². The van der Waals surface area contributed by atoms with Crippen molar-refractivity contribution < 1.29 is 22.7 Å². The molecule has 6 rings (SSSR count). The summed E-state index contributed by atoms with van der Waals surface area (Å²) in [6, 6.07) is 16.7. The molecule has 0 unspecified atom stereocenters. The molecule has 0 bridgehead atoms. The van der Waals surface area contributed by atoms with Gasteiger partial charge >= 0.3 is 6.18 Å². The molecule has 0 spiro atoms. The van der Waals surface area contributed by atoms with E-state index in [1.165, 1.54) is 16.1 Å². The highest BCUT2D eigenvalue weighted by Crippen LogP contribution is 2.42. The second-order valence-electron chi connectivity index (χ2n) is 13.5. The Morgan fingerprint density at radius 2 is 1.63 bits per heavy atom. The van der Waals surface area contributed by atoms with Crippen molar-refractivity contribution in [2.75, 3.05) is 20.2 Å². The summed E-state index contributed by atoms with van der Waals surface area (Å²) in [4.78, 5) is 29.6. The van der Waals surface area contributed by atoms with Crippen molar-refractivity contribution >= 4 is 34.6 Å². The van der Waals surface area contributed by atoms with Gasteiger partial charge in [-0.25, -0.2) is 9.50 Å². The fourth-order valence-electron chi connectivity index (χ4n) is 6.11. The summed E-state index contributed by atoms with van der Waals surface area (Å²) in [5.41, 5.74) is 2.69. The van der Waals surface area contributed by atoms with Gasteiger partial charge in [-0.05, 0) is 32.4 Å². The zero-order valence-corrected chi connectivity index (χ0v) is 30.5. The molecule has 1 atom stereocenters. The van der Waals surface area contributed by atoms with Gasteiger partial charge in [-0.1, -0.05) is 65.7 Å². The summed E-state index contributed by atoms with van der Waals surface area (Å²) in [5.74, 6) is 0.795. The normalized spacial score (nSPS) is 15.0. The summed E-state index contributed by atoms with van der Waals surface area (Å²) in [5, 5.41) is 14.5. The quantitative estimate of drug-likeness (QED) is 0.129. The van der Waals surface area contributed by atoms with Gasteiger partial charge in [-0.15, -0.1) is 0 Å². The number of pyridine rings is 1. The number of benzene rings is 2. The molecule has 274 valence electrons. The van der Waals surface area contributed by atoms with Gasteiger partial charge in [0.25, 0.3) is 5.56 Å². The fourth-order valence-corrected chi connectivity index (χ4v) is 6.77. The molecule has 2 aromatic carbocycles. The molecule has 3 N–H and O–H groups in total. The molecule has 1 amide bonds. The maximum absolute atomic E-state index is 13.3. The molecule has 0 saturated carbocycles. The second kappa shape index (κ2) is 14.9. The summed E-state index contributed by atoms with van der Waals surface area (Å²) < 4.78 is 48.4. The molecule has 3 aromatic heterocycles. The van der Waals surface area contributed by atoms with E-state index in [0.717, 1.165) is 25.8 Å². The van der Waals surface area contributed by atoms with Crippen molar-refractivity contribution in [3.05, 3.63) is 92.6 Å². The van der Waals surface area contributed by atoms with Crippen LogP contribution in [-0.2, 0) is 24.9 Å². The number of carbonyl (C=O) groups excluding carboxylic acids is 1. The van der Waals surface area contributed by atoms with Crippen LogP contribution in [0.2, 0.25) is 10.0 Å². The number of methoxy groups -OCH3 is 1. The van der Waals surface area contributed by atoms with Crippen molar-refractivity contribution in [2.24, 2.45) is 12.5 Å². The Hall–Kier alpha value is -4.43. The standard InChI is InChI=1S/C37H38Cl2F3N7O3/c1-36(2,37(40,41)42)20-44-18-30-47-49-19-22(15-29(49)35(51)48(30)3)24-7-5-8-25(32(24)38)26-9-6-10-27(33(26)39)28-13-11-21(34(46-28)52-4)16-43-17-23-12-14-31(50)45-23/h5-11,13,15,19,23,43-44H,12,14,16-18,20H2,1-4H3,(H,45,50)/t23-/m0/s1. The predicted octanol–water partition coefficient (Wildman–Crippen LogP) is 6.79. The second-order valence-corrected chi connectivity index (χ2v) is 14.2. The van der Waals surface area contributed by atoms with Crippen LogP contribution in [0.3, 0.4) is 0 Å². The first-order chi connectivity index (χ1) is 24.7. The van der Waals surface area contributed by atoms with Crippen LogP contribution in [0.1, 0.15) is 38.1 Å². The van der Waals surface area contributed by atoms with E-state index in [9.17, 15) is 22.8 Å². The number of halogens is 5. The number of hydrogen-bond acceptors (Lipinski definition) is 7. The molecule has 10 nitrogen and oxygen atoms in total. The average Bonchev–Trinajstić information content (AvgIpc) is 3.72. The number of rotatable bonds is 12. The van der Waals surface area contributed by atoms with Crippen LogP contribution < -0.4 is 26.2 Å². The number of aromatic nitrogens is 4. The van der Waals surface area contributed by atoms with Crippen LogP contribution in [0.5, 0.6) is 5.88 Å². The number of carbonyl (C=O) groups is 1. The highest BCUT2D eigenvalue weighted by Gasteiger charge is 2.46. The van der Waals surface area contributed by atoms with E-state index in [1.54, 1.807) is 19.4 Å². The first kappa shape index (κ1) is 37.3. The predicted molar refractivity (Wildman–Crippen MR) is 196 cm³/mol. The number of amides is 1. The number of nitrogens with one attached hydrogen (secondary N) is 3. The molecule has 15 heteroatoms. The highest BCUT2D eigenvalue weighted by atomic mass is 35.5. The van der Waals surface area contributed by atoms with Gasteiger partial charge in [0, 0.05) is 78.7 Å². The number of hydrogen-bond donors (Lipinski definition) is 3. The van der Waals surface area contributed by atoms with Gasteiger partial charge in [-0.3, -0.25) is 14.2 Å². The zero-order chi connectivity index (χ0) is 37.4. The Balaban J connectivity index is 1.25. The molecule has 0 aliphatic carbocycles. The minimum atomic E-state index is -4.39.